The van der Waals surface area contributed by atoms with Crippen LogP contribution in [-0.2, 0) is 27.4 Å². The molecule has 2 aromatic rings. The summed E-state index contributed by atoms with van der Waals surface area (Å²) in [5.41, 5.74) is 1.17. The predicted octanol–water partition coefficient (Wildman–Crippen LogP) is 3.28. The lowest BCUT2D eigenvalue weighted by molar-refractivity contribution is -0.0301. The molecule has 0 N–H and O–H groups in total. The third kappa shape index (κ3) is 7.74. The van der Waals surface area contributed by atoms with E-state index < -0.39 is 0 Å². The van der Waals surface area contributed by atoms with Gasteiger partial charge in [-0.25, -0.2) is 0 Å². The van der Waals surface area contributed by atoms with E-state index in [0.29, 0.717) is 33.0 Å². The van der Waals surface area contributed by atoms with E-state index in [1.165, 1.54) is 5.56 Å². The van der Waals surface area contributed by atoms with Crippen molar-refractivity contribution in [2.45, 2.75) is 26.2 Å². The number of hydrogen-bond acceptors (Lipinski definition) is 4. The van der Waals surface area contributed by atoms with Gasteiger partial charge in [0, 0.05) is 6.20 Å². The topological polar surface area (TPSA) is 45.5 Å². The summed E-state index contributed by atoms with van der Waals surface area (Å²) in [6.07, 6.45) is 3.75. The lowest BCUT2D eigenvalue weighted by Crippen LogP contribution is -2.18. The molecule has 2 rings (SSSR count). The Balaban J connectivity index is 1.44. The molecule has 6 heteroatoms. The van der Waals surface area contributed by atoms with Gasteiger partial charge in [-0.15, -0.1) is 0 Å². The van der Waals surface area contributed by atoms with Crippen LogP contribution in [0, 0.1) is 0 Å². The average molecular weight is 383 g/mol. The summed E-state index contributed by atoms with van der Waals surface area (Å²) < 4.78 is 19.6. The van der Waals surface area contributed by atoms with E-state index >= 15 is 0 Å². The lowest BCUT2D eigenvalue weighted by Gasteiger charge is -2.13. The fourth-order valence-electron chi connectivity index (χ4n) is 1.95. The van der Waals surface area contributed by atoms with Crippen molar-refractivity contribution in [3.63, 3.8) is 0 Å². The van der Waals surface area contributed by atoms with Crippen molar-refractivity contribution in [3.05, 3.63) is 52.8 Å². The monoisotopic (exact) mass is 382 g/mol. The molecule has 0 saturated carbocycles. The summed E-state index contributed by atoms with van der Waals surface area (Å²) in [5.74, 6) is 0. The molecule has 0 amide bonds. The number of hydrogen-bond donors (Lipinski definition) is 0. The van der Waals surface area contributed by atoms with E-state index in [0.717, 1.165) is 11.0 Å². The van der Waals surface area contributed by atoms with E-state index in [4.69, 9.17) is 14.2 Å². The van der Waals surface area contributed by atoms with Gasteiger partial charge in [-0.2, -0.15) is 5.10 Å². The molecule has 0 saturated heterocycles. The zero-order chi connectivity index (χ0) is 16.3. The Morgan fingerprint density at radius 2 is 1.91 bits per heavy atom. The molecule has 0 spiro atoms. The molecule has 1 heterocycles. The molecule has 1 aromatic heterocycles. The van der Waals surface area contributed by atoms with E-state index in [-0.39, 0.29) is 6.10 Å². The van der Waals surface area contributed by atoms with Crippen LogP contribution in [0.5, 0.6) is 0 Å². The van der Waals surface area contributed by atoms with Crippen molar-refractivity contribution in [1.29, 1.82) is 0 Å². The van der Waals surface area contributed by atoms with Crippen molar-refractivity contribution in [2.24, 2.45) is 0 Å². The van der Waals surface area contributed by atoms with Crippen LogP contribution in [0.15, 0.2) is 47.2 Å². The summed E-state index contributed by atoms with van der Waals surface area (Å²) in [4.78, 5) is 0. The van der Waals surface area contributed by atoms with Gasteiger partial charge in [0.15, 0.2) is 0 Å². The summed E-state index contributed by atoms with van der Waals surface area (Å²) in [7, 11) is 0. The Bertz CT molecular complexity index is 548. The molecule has 0 bridgehead atoms. The van der Waals surface area contributed by atoms with Crippen LogP contribution in [0.25, 0.3) is 0 Å². The molecular weight excluding hydrogens is 360 g/mol. The third-order valence-electron chi connectivity index (χ3n) is 3.17. The maximum absolute atomic E-state index is 5.73. The number of halogens is 1. The van der Waals surface area contributed by atoms with E-state index in [2.05, 4.69) is 33.2 Å². The minimum atomic E-state index is 0.0663. The van der Waals surface area contributed by atoms with Crippen LogP contribution in [0.2, 0.25) is 0 Å². The molecule has 1 aromatic carbocycles. The van der Waals surface area contributed by atoms with Crippen LogP contribution >= 0.6 is 15.9 Å². The molecule has 0 radical (unpaired) electrons. The first-order chi connectivity index (χ1) is 11.2. The van der Waals surface area contributed by atoms with Crippen LogP contribution in [0.3, 0.4) is 0 Å². The Labute approximate surface area is 145 Å². The van der Waals surface area contributed by atoms with Gasteiger partial charge in [0.05, 0.1) is 56.4 Å². The minimum absolute atomic E-state index is 0.0663. The Morgan fingerprint density at radius 1 is 1.13 bits per heavy atom. The predicted molar refractivity (Wildman–Crippen MR) is 92.3 cm³/mol. The van der Waals surface area contributed by atoms with Crippen LogP contribution in [0.1, 0.15) is 12.5 Å². The standard InChI is InChI=1S/C17H23BrN2O3/c1-15(23-14-16-5-3-2-4-6-16)13-22-10-9-21-8-7-20-12-17(18)11-19-20/h2-6,11-12,15H,7-10,13-14H2,1H3. The fraction of sp³-hybridized carbons (Fsp3) is 0.471. The zero-order valence-electron chi connectivity index (χ0n) is 13.4. The van der Waals surface area contributed by atoms with Gasteiger partial charge < -0.3 is 14.2 Å². The minimum Gasteiger partial charge on any atom is -0.377 e. The quantitative estimate of drug-likeness (QED) is 0.559. The zero-order valence-corrected chi connectivity index (χ0v) is 14.9. The van der Waals surface area contributed by atoms with Crippen molar-refractivity contribution in [3.8, 4) is 0 Å². The molecule has 0 aliphatic heterocycles. The number of rotatable bonds is 11. The SMILES string of the molecule is CC(COCCOCCn1cc(Br)cn1)OCc1ccccc1. The highest BCUT2D eigenvalue weighted by Gasteiger charge is 2.03. The average Bonchev–Trinajstić information content (AvgIpc) is 2.98. The highest BCUT2D eigenvalue weighted by Crippen LogP contribution is 2.06. The summed E-state index contributed by atoms with van der Waals surface area (Å²) in [6, 6.07) is 10.1. The molecule has 0 aliphatic carbocycles. The first-order valence-corrected chi connectivity index (χ1v) is 8.52. The summed E-state index contributed by atoms with van der Waals surface area (Å²) >= 11 is 3.36. The summed E-state index contributed by atoms with van der Waals surface area (Å²) in [5, 5.41) is 4.16. The van der Waals surface area contributed by atoms with E-state index in [1.807, 2.05) is 36.0 Å². The largest absolute Gasteiger partial charge is 0.377 e. The molecule has 23 heavy (non-hydrogen) atoms. The maximum Gasteiger partial charge on any atom is 0.0785 e. The normalized spacial score (nSPS) is 12.4. The van der Waals surface area contributed by atoms with Crippen molar-refractivity contribution in [1.82, 2.24) is 9.78 Å². The summed E-state index contributed by atoms with van der Waals surface area (Å²) in [6.45, 7) is 5.71. The molecule has 1 unspecified atom stereocenters. The molecule has 1 atom stereocenters. The number of aromatic nitrogens is 2. The van der Waals surface area contributed by atoms with Gasteiger partial charge in [0.2, 0.25) is 0 Å². The van der Waals surface area contributed by atoms with E-state index in [1.54, 1.807) is 6.20 Å². The van der Waals surface area contributed by atoms with Gasteiger partial charge >= 0.3 is 0 Å². The van der Waals surface area contributed by atoms with Gasteiger partial charge in [-0.3, -0.25) is 4.68 Å². The molecular formula is C17H23BrN2O3. The van der Waals surface area contributed by atoms with Crippen molar-refractivity contribution < 1.29 is 14.2 Å². The Kier molecular flexibility index (Phi) is 8.31. The second-order valence-corrected chi connectivity index (χ2v) is 6.13. The molecule has 5 nitrogen and oxygen atoms in total. The van der Waals surface area contributed by atoms with Crippen LogP contribution in [-0.4, -0.2) is 42.3 Å². The van der Waals surface area contributed by atoms with Crippen molar-refractivity contribution >= 4 is 15.9 Å². The molecule has 0 aliphatic rings. The van der Waals surface area contributed by atoms with Crippen molar-refractivity contribution in [2.75, 3.05) is 26.4 Å². The van der Waals surface area contributed by atoms with Gasteiger partial charge in [-0.1, -0.05) is 30.3 Å². The maximum atomic E-state index is 5.73. The molecule has 126 valence electrons. The Morgan fingerprint density at radius 3 is 2.65 bits per heavy atom. The van der Waals surface area contributed by atoms with E-state index in [9.17, 15) is 0 Å². The van der Waals surface area contributed by atoms with Gasteiger partial charge in [-0.05, 0) is 28.4 Å². The lowest BCUT2D eigenvalue weighted by atomic mass is 10.2. The third-order valence-corrected chi connectivity index (χ3v) is 3.58. The number of nitrogens with zero attached hydrogens (tertiary/aromatic N) is 2. The fourth-order valence-corrected chi connectivity index (χ4v) is 2.28. The second-order valence-electron chi connectivity index (χ2n) is 5.22. The van der Waals surface area contributed by atoms with Crippen LogP contribution in [0.4, 0.5) is 0 Å². The highest BCUT2D eigenvalue weighted by molar-refractivity contribution is 9.10. The smallest absolute Gasteiger partial charge is 0.0785 e. The van der Waals surface area contributed by atoms with Gasteiger partial charge in [0.25, 0.3) is 0 Å². The second kappa shape index (κ2) is 10.5. The number of ether oxygens (including phenoxy) is 3. The Hall–Kier alpha value is -1.21. The highest BCUT2D eigenvalue weighted by atomic mass is 79.9. The molecule has 0 fully saturated rings. The first-order valence-electron chi connectivity index (χ1n) is 7.73. The van der Waals surface area contributed by atoms with Crippen LogP contribution < -0.4 is 0 Å². The first kappa shape index (κ1) is 18.1. The van der Waals surface area contributed by atoms with Gasteiger partial charge in [0.1, 0.15) is 0 Å². The number of benzene rings is 1.